The third kappa shape index (κ3) is 4.43. The molecule has 2 rings (SSSR count). The van der Waals surface area contributed by atoms with Gasteiger partial charge < -0.3 is 9.80 Å². The van der Waals surface area contributed by atoms with Crippen molar-refractivity contribution in [3.63, 3.8) is 0 Å². The molecule has 0 atom stereocenters. The fourth-order valence-corrected chi connectivity index (χ4v) is 2.91. The van der Waals surface area contributed by atoms with E-state index in [9.17, 15) is 10.1 Å². The van der Waals surface area contributed by atoms with Crippen molar-refractivity contribution >= 4 is 11.4 Å². The number of aryl methyl sites for hydroxylation is 1. The van der Waals surface area contributed by atoms with Crippen molar-refractivity contribution in [3.8, 4) is 0 Å². The highest BCUT2D eigenvalue weighted by Gasteiger charge is 2.17. The lowest BCUT2D eigenvalue weighted by Crippen LogP contribution is -2.30. The number of anilines is 1. The molecular weight excluding hydrogens is 266 g/mol. The summed E-state index contributed by atoms with van der Waals surface area (Å²) in [7, 11) is 4.11. The molecule has 1 aromatic rings. The highest BCUT2D eigenvalue weighted by Crippen LogP contribution is 2.28. The third-order valence-electron chi connectivity index (χ3n) is 4.02. The Morgan fingerprint density at radius 2 is 1.95 bits per heavy atom. The van der Waals surface area contributed by atoms with Gasteiger partial charge in [-0.3, -0.25) is 10.1 Å². The molecule has 1 aliphatic heterocycles. The Morgan fingerprint density at radius 1 is 1.24 bits per heavy atom. The molecule has 5 nitrogen and oxygen atoms in total. The van der Waals surface area contributed by atoms with Gasteiger partial charge in [0.25, 0.3) is 5.69 Å². The second-order valence-electron chi connectivity index (χ2n) is 6.02. The predicted molar refractivity (Wildman–Crippen MR) is 86.0 cm³/mol. The molecular formula is C16H25N3O2. The summed E-state index contributed by atoms with van der Waals surface area (Å²) in [5.74, 6) is 0. The first-order chi connectivity index (χ1) is 10.1. The molecule has 5 heteroatoms. The molecule has 0 spiro atoms. The van der Waals surface area contributed by atoms with Crippen molar-refractivity contribution in [1.82, 2.24) is 4.90 Å². The average Bonchev–Trinajstić information content (AvgIpc) is 2.47. The molecule has 1 saturated heterocycles. The van der Waals surface area contributed by atoms with Gasteiger partial charge in [-0.15, -0.1) is 0 Å². The van der Waals surface area contributed by atoms with Gasteiger partial charge in [0.1, 0.15) is 0 Å². The Bertz CT molecular complexity index is 482. The van der Waals surface area contributed by atoms with Crippen molar-refractivity contribution in [2.45, 2.75) is 32.1 Å². The van der Waals surface area contributed by atoms with E-state index >= 15 is 0 Å². The number of hydrogen-bond acceptors (Lipinski definition) is 4. The van der Waals surface area contributed by atoms with E-state index in [2.05, 4.69) is 23.9 Å². The van der Waals surface area contributed by atoms with E-state index in [0.29, 0.717) is 0 Å². The number of nitro groups is 1. The summed E-state index contributed by atoms with van der Waals surface area (Å²) >= 11 is 0. The van der Waals surface area contributed by atoms with Crippen molar-refractivity contribution < 1.29 is 4.92 Å². The molecule has 1 fully saturated rings. The number of nitrogens with zero attached hydrogens (tertiary/aromatic N) is 3. The number of rotatable bonds is 6. The van der Waals surface area contributed by atoms with Gasteiger partial charge in [-0.25, -0.2) is 0 Å². The number of piperidine rings is 1. The highest BCUT2D eigenvalue weighted by molar-refractivity contribution is 5.58. The van der Waals surface area contributed by atoms with Gasteiger partial charge in [-0.05, 0) is 64.4 Å². The zero-order chi connectivity index (χ0) is 15.2. The number of benzene rings is 1. The average molecular weight is 291 g/mol. The Balaban J connectivity index is 2.18. The fraction of sp³-hybridized carbons (Fsp3) is 0.625. The van der Waals surface area contributed by atoms with Crippen molar-refractivity contribution in [2.24, 2.45) is 0 Å². The number of hydrogen-bond donors (Lipinski definition) is 0. The normalized spacial score (nSPS) is 15.5. The zero-order valence-corrected chi connectivity index (χ0v) is 13.0. The Morgan fingerprint density at radius 3 is 2.57 bits per heavy atom. The van der Waals surface area contributed by atoms with Gasteiger partial charge in [0, 0.05) is 30.9 Å². The molecule has 0 aromatic heterocycles. The van der Waals surface area contributed by atoms with E-state index in [-0.39, 0.29) is 10.6 Å². The van der Waals surface area contributed by atoms with E-state index in [1.54, 1.807) is 12.1 Å². The van der Waals surface area contributed by atoms with Gasteiger partial charge in [0.05, 0.1) is 4.92 Å². The van der Waals surface area contributed by atoms with Gasteiger partial charge in [0.2, 0.25) is 0 Å². The lowest BCUT2D eigenvalue weighted by atomic mass is 10.0. The summed E-state index contributed by atoms with van der Waals surface area (Å²) in [5.41, 5.74) is 2.52. The van der Waals surface area contributed by atoms with Gasteiger partial charge in [0.15, 0.2) is 0 Å². The first-order valence-corrected chi connectivity index (χ1v) is 7.75. The predicted octanol–water partition coefficient (Wildman–Crippen LogP) is 3.08. The second kappa shape index (κ2) is 7.41. The van der Waals surface area contributed by atoms with E-state index in [4.69, 9.17) is 0 Å². The SMILES string of the molecule is CN(C)CCCc1cc([N+](=O)[O-])ccc1N1CCCCC1. The summed E-state index contributed by atoms with van der Waals surface area (Å²) in [4.78, 5) is 15.2. The van der Waals surface area contributed by atoms with Crippen LogP contribution in [0.2, 0.25) is 0 Å². The maximum Gasteiger partial charge on any atom is 0.269 e. The Kier molecular flexibility index (Phi) is 5.56. The molecule has 1 aliphatic rings. The molecule has 0 radical (unpaired) electrons. The number of nitro benzene ring substituents is 1. The number of non-ortho nitro benzene ring substituents is 1. The standard InChI is InChI=1S/C16H25N3O2/c1-17(2)10-6-7-14-13-15(19(20)21)8-9-16(14)18-11-4-3-5-12-18/h8-9,13H,3-7,10-12H2,1-2H3. The summed E-state index contributed by atoms with van der Waals surface area (Å²) in [6.45, 7) is 3.14. The van der Waals surface area contributed by atoms with Gasteiger partial charge in [-0.2, -0.15) is 0 Å². The minimum absolute atomic E-state index is 0.204. The first kappa shape index (κ1) is 15.8. The maximum absolute atomic E-state index is 11.0. The molecule has 0 amide bonds. The van der Waals surface area contributed by atoms with Crippen LogP contribution in [0.1, 0.15) is 31.2 Å². The van der Waals surface area contributed by atoms with Crippen LogP contribution in [0.3, 0.4) is 0 Å². The van der Waals surface area contributed by atoms with Gasteiger partial charge >= 0.3 is 0 Å². The van der Waals surface area contributed by atoms with Crippen LogP contribution in [0.15, 0.2) is 18.2 Å². The fourth-order valence-electron chi connectivity index (χ4n) is 2.91. The molecule has 1 heterocycles. The minimum Gasteiger partial charge on any atom is -0.371 e. The maximum atomic E-state index is 11.0. The van der Waals surface area contributed by atoms with Gasteiger partial charge in [-0.1, -0.05) is 0 Å². The van der Waals surface area contributed by atoms with Crippen LogP contribution >= 0.6 is 0 Å². The van der Waals surface area contributed by atoms with Crippen LogP contribution in [0.4, 0.5) is 11.4 Å². The molecule has 0 aliphatic carbocycles. The summed E-state index contributed by atoms with van der Waals surface area (Å²) in [5, 5.41) is 11.0. The van der Waals surface area contributed by atoms with E-state index in [0.717, 1.165) is 38.0 Å². The molecule has 21 heavy (non-hydrogen) atoms. The van der Waals surface area contributed by atoms with Crippen LogP contribution in [0, 0.1) is 10.1 Å². The Hall–Kier alpha value is -1.62. The smallest absolute Gasteiger partial charge is 0.269 e. The first-order valence-electron chi connectivity index (χ1n) is 7.75. The molecule has 0 N–H and O–H groups in total. The van der Waals surface area contributed by atoms with E-state index in [1.807, 2.05) is 6.07 Å². The quantitative estimate of drug-likeness (QED) is 0.597. The highest BCUT2D eigenvalue weighted by atomic mass is 16.6. The monoisotopic (exact) mass is 291 g/mol. The Labute approximate surface area is 126 Å². The second-order valence-corrected chi connectivity index (χ2v) is 6.02. The van der Waals surface area contributed by atoms with Crippen LogP contribution in [-0.2, 0) is 6.42 Å². The van der Waals surface area contributed by atoms with Crippen LogP contribution in [0.5, 0.6) is 0 Å². The molecule has 1 aromatic carbocycles. The molecule has 0 unspecified atom stereocenters. The van der Waals surface area contributed by atoms with Crippen LogP contribution < -0.4 is 4.90 Å². The summed E-state index contributed by atoms with van der Waals surface area (Å²) < 4.78 is 0. The minimum atomic E-state index is -0.296. The zero-order valence-electron chi connectivity index (χ0n) is 13.0. The van der Waals surface area contributed by atoms with E-state index < -0.39 is 0 Å². The van der Waals surface area contributed by atoms with Crippen LogP contribution in [0.25, 0.3) is 0 Å². The van der Waals surface area contributed by atoms with Crippen molar-refractivity contribution in [3.05, 3.63) is 33.9 Å². The summed E-state index contributed by atoms with van der Waals surface area (Å²) in [6, 6.07) is 5.34. The molecule has 0 bridgehead atoms. The topological polar surface area (TPSA) is 49.6 Å². The lowest BCUT2D eigenvalue weighted by molar-refractivity contribution is -0.384. The molecule has 0 saturated carbocycles. The van der Waals surface area contributed by atoms with Crippen molar-refractivity contribution in [1.29, 1.82) is 0 Å². The molecule has 116 valence electrons. The van der Waals surface area contributed by atoms with Crippen molar-refractivity contribution in [2.75, 3.05) is 38.6 Å². The summed E-state index contributed by atoms with van der Waals surface area (Å²) in [6.07, 6.45) is 5.64. The lowest BCUT2D eigenvalue weighted by Gasteiger charge is -2.30. The van der Waals surface area contributed by atoms with Crippen LogP contribution in [-0.4, -0.2) is 43.6 Å². The largest absolute Gasteiger partial charge is 0.371 e. The third-order valence-corrected chi connectivity index (χ3v) is 4.02. The van der Waals surface area contributed by atoms with E-state index in [1.165, 1.54) is 24.9 Å².